The molecule has 6 nitrogen and oxygen atoms in total. The Balaban J connectivity index is 1.79. The Morgan fingerprint density at radius 1 is 1.30 bits per heavy atom. The van der Waals surface area contributed by atoms with Gasteiger partial charge in [-0.1, -0.05) is 27.7 Å². The van der Waals surface area contributed by atoms with Crippen LogP contribution in [0.5, 0.6) is 0 Å². The molecule has 0 aromatic rings. The fraction of sp³-hybridized carbons (Fsp3) is 0.824. The lowest BCUT2D eigenvalue weighted by molar-refractivity contribution is -0.171. The SMILES string of the molecule is CCC(C(=O)OCC(=O)OC1CCC2CC1OC2=O)C(C)(C)C. The lowest BCUT2D eigenvalue weighted by Crippen LogP contribution is -2.36. The van der Waals surface area contributed by atoms with E-state index in [-0.39, 0.29) is 35.3 Å². The van der Waals surface area contributed by atoms with Gasteiger partial charge in [-0.3, -0.25) is 9.59 Å². The van der Waals surface area contributed by atoms with Gasteiger partial charge < -0.3 is 14.2 Å². The van der Waals surface area contributed by atoms with E-state index in [1.54, 1.807) is 0 Å². The number of hydrogen-bond acceptors (Lipinski definition) is 6. The molecule has 6 heteroatoms. The van der Waals surface area contributed by atoms with Crippen LogP contribution >= 0.6 is 0 Å². The van der Waals surface area contributed by atoms with Crippen molar-refractivity contribution >= 4 is 17.9 Å². The number of ether oxygens (including phenoxy) is 3. The molecule has 1 saturated heterocycles. The lowest BCUT2D eigenvalue weighted by atomic mass is 9.79. The van der Waals surface area contributed by atoms with Crippen LogP contribution in [-0.2, 0) is 28.6 Å². The Bertz CT molecular complexity index is 478. The third-order valence-corrected chi connectivity index (χ3v) is 4.69. The zero-order valence-corrected chi connectivity index (χ0v) is 14.3. The van der Waals surface area contributed by atoms with Crippen LogP contribution in [0.2, 0.25) is 0 Å². The molecule has 0 amide bonds. The van der Waals surface area contributed by atoms with Crippen molar-refractivity contribution in [3.63, 3.8) is 0 Å². The van der Waals surface area contributed by atoms with Gasteiger partial charge in [0.05, 0.1) is 11.8 Å². The van der Waals surface area contributed by atoms with Gasteiger partial charge in [0.15, 0.2) is 6.61 Å². The average Bonchev–Trinajstić information content (AvgIpc) is 2.75. The molecule has 2 aliphatic rings. The second-order valence-corrected chi connectivity index (χ2v) is 7.45. The van der Waals surface area contributed by atoms with E-state index >= 15 is 0 Å². The second kappa shape index (κ2) is 6.89. The molecule has 2 rings (SSSR count). The average molecular weight is 326 g/mol. The molecule has 1 aliphatic carbocycles. The molecular formula is C17H26O6. The van der Waals surface area contributed by atoms with Crippen molar-refractivity contribution in [3.8, 4) is 0 Å². The molecule has 0 N–H and O–H groups in total. The number of carbonyl (C=O) groups is 3. The number of fused-ring (bicyclic) bond motifs is 2. The first-order valence-corrected chi connectivity index (χ1v) is 8.29. The Morgan fingerprint density at radius 3 is 2.61 bits per heavy atom. The van der Waals surface area contributed by atoms with Crippen molar-refractivity contribution in [1.29, 1.82) is 0 Å². The summed E-state index contributed by atoms with van der Waals surface area (Å²) < 4.78 is 15.6. The monoisotopic (exact) mass is 326 g/mol. The highest BCUT2D eigenvalue weighted by molar-refractivity contribution is 5.78. The summed E-state index contributed by atoms with van der Waals surface area (Å²) in [6, 6.07) is 0. The molecule has 1 saturated carbocycles. The predicted molar refractivity (Wildman–Crippen MR) is 81.3 cm³/mol. The van der Waals surface area contributed by atoms with Crippen LogP contribution in [0.1, 0.15) is 53.4 Å². The van der Waals surface area contributed by atoms with E-state index in [0.717, 1.165) is 0 Å². The Morgan fingerprint density at radius 2 is 2.00 bits per heavy atom. The van der Waals surface area contributed by atoms with Crippen molar-refractivity contribution in [2.24, 2.45) is 17.3 Å². The summed E-state index contributed by atoms with van der Waals surface area (Å²) in [5, 5.41) is 0. The molecular weight excluding hydrogens is 300 g/mol. The maximum atomic E-state index is 12.1. The van der Waals surface area contributed by atoms with Crippen molar-refractivity contribution in [2.45, 2.75) is 65.6 Å². The number of esters is 3. The smallest absolute Gasteiger partial charge is 0.344 e. The van der Waals surface area contributed by atoms with Crippen molar-refractivity contribution in [1.82, 2.24) is 0 Å². The molecule has 4 atom stereocenters. The maximum absolute atomic E-state index is 12.1. The van der Waals surface area contributed by atoms with Gasteiger partial charge in [-0.25, -0.2) is 4.79 Å². The Labute approximate surface area is 136 Å². The van der Waals surface area contributed by atoms with Gasteiger partial charge in [0.2, 0.25) is 0 Å². The van der Waals surface area contributed by atoms with Crippen molar-refractivity contribution < 1.29 is 28.6 Å². The van der Waals surface area contributed by atoms with E-state index in [2.05, 4.69) is 0 Å². The van der Waals surface area contributed by atoms with Gasteiger partial charge in [-0.15, -0.1) is 0 Å². The minimum atomic E-state index is -0.589. The Hall–Kier alpha value is -1.59. The first-order chi connectivity index (χ1) is 10.7. The Kier molecular flexibility index (Phi) is 5.32. The number of rotatable bonds is 5. The number of hydrogen-bond donors (Lipinski definition) is 0. The molecule has 130 valence electrons. The van der Waals surface area contributed by atoms with E-state index < -0.39 is 18.7 Å². The molecule has 0 aromatic heterocycles. The fourth-order valence-corrected chi connectivity index (χ4v) is 3.39. The highest BCUT2D eigenvalue weighted by atomic mass is 16.6. The summed E-state index contributed by atoms with van der Waals surface area (Å²) in [6.45, 7) is 7.42. The molecule has 0 radical (unpaired) electrons. The maximum Gasteiger partial charge on any atom is 0.344 e. The van der Waals surface area contributed by atoms with Gasteiger partial charge in [0.25, 0.3) is 0 Å². The van der Waals surface area contributed by atoms with Crippen molar-refractivity contribution in [2.75, 3.05) is 6.61 Å². The quantitative estimate of drug-likeness (QED) is 0.569. The van der Waals surface area contributed by atoms with Crippen LogP contribution in [0.4, 0.5) is 0 Å². The molecule has 1 aliphatic heterocycles. The number of carbonyl (C=O) groups excluding carboxylic acids is 3. The minimum absolute atomic E-state index is 0.0510. The van der Waals surface area contributed by atoms with E-state index in [0.29, 0.717) is 25.7 Å². The van der Waals surface area contributed by atoms with Crippen LogP contribution in [0, 0.1) is 17.3 Å². The first kappa shape index (κ1) is 17.8. The van der Waals surface area contributed by atoms with Crippen molar-refractivity contribution in [3.05, 3.63) is 0 Å². The molecule has 2 fully saturated rings. The zero-order chi connectivity index (χ0) is 17.2. The fourth-order valence-electron chi connectivity index (χ4n) is 3.39. The van der Waals surface area contributed by atoms with Gasteiger partial charge in [-0.05, 0) is 24.7 Å². The molecule has 0 aromatic carbocycles. The summed E-state index contributed by atoms with van der Waals surface area (Å²) in [4.78, 5) is 35.5. The molecule has 23 heavy (non-hydrogen) atoms. The third kappa shape index (κ3) is 4.24. The summed E-state index contributed by atoms with van der Waals surface area (Å²) in [5.74, 6) is -1.48. The summed E-state index contributed by atoms with van der Waals surface area (Å²) >= 11 is 0. The lowest BCUT2D eigenvalue weighted by Gasteiger charge is -2.28. The second-order valence-electron chi connectivity index (χ2n) is 7.45. The van der Waals surface area contributed by atoms with E-state index in [9.17, 15) is 14.4 Å². The standard InChI is InChI=1S/C17H26O6/c1-5-11(17(2,3)4)16(20)21-9-14(18)22-12-7-6-10-8-13(12)23-15(10)19/h10-13H,5-9H2,1-4H3. The van der Waals surface area contributed by atoms with E-state index in [4.69, 9.17) is 14.2 Å². The highest BCUT2D eigenvalue weighted by Gasteiger charge is 2.45. The topological polar surface area (TPSA) is 78.9 Å². The van der Waals surface area contributed by atoms with Gasteiger partial charge in [0.1, 0.15) is 12.2 Å². The summed E-state index contributed by atoms with van der Waals surface area (Å²) in [6.07, 6.45) is 1.78. The minimum Gasteiger partial charge on any atom is -0.458 e. The van der Waals surface area contributed by atoms with Crippen LogP contribution in [-0.4, -0.2) is 36.7 Å². The first-order valence-electron chi connectivity index (χ1n) is 8.29. The van der Waals surface area contributed by atoms with Gasteiger partial charge in [0, 0.05) is 6.42 Å². The largest absolute Gasteiger partial charge is 0.458 e. The zero-order valence-electron chi connectivity index (χ0n) is 14.3. The molecule has 1 heterocycles. The van der Waals surface area contributed by atoms with Gasteiger partial charge in [-0.2, -0.15) is 0 Å². The summed E-state index contributed by atoms with van der Waals surface area (Å²) in [7, 11) is 0. The highest BCUT2D eigenvalue weighted by Crippen LogP contribution is 2.36. The summed E-state index contributed by atoms with van der Waals surface area (Å²) in [5.41, 5.74) is -0.216. The molecule has 0 spiro atoms. The van der Waals surface area contributed by atoms with E-state index in [1.807, 2.05) is 27.7 Å². The van der Waals surface area contributed by atoms with Crippen LogP contribution < -0.4 is 0 Å². The van der Waals surface area contributed by atoms with Crippen LogP contribution in [0.15, 0.2) is 0 Å². The normalized spacial score (nSPS) is 28.0. The van der Waals surface area contributed by atoms with Crippen LogP contribution in [0.25, 0.3) is 0 Å². The third-order valence-electron chi connectivity index (χ3n) is 4.69. The molecule has 4 unspecified atom stereocenters. The molecule has 2 bridgehead atoms. The van der Waals surface area contributed by atoms with E-state index in [1.165, 1.54) is 0 Å². The van der Waals surface area contributed by atoms with Crippen LogP contribution in [0.3, 0.4) is 0 Å². The van der Waals surface area contributed by atoms with Gasteiger partial charge >= 0.3 is 17.9 Å². The predicted octanol–water partition coefficient (Wildman–Crippen LogP) is 2.24.